The molecule has 1 aromatic rings. The van der Waals surface area contributed by atoms with E-state index < -0.39 is 0 Å². The number of rotatable bonds is 0. The van der Waals surface area contributed by atoms with E-state index in [1.54, 1.807) is 0 Å². The lowest BCUT2D eigenvalue weighted by molar-refractivity contribution is 0.434. The Hall–Kier alpha value is -1.11. The first-order valence-corrected chi connectivity index (χ1v) is 5.94. The van der Waals surface area contributed by atoms with Gasteiger partial charge in [-0.1, -0.05) is 37.1 Å². The Bertz CT molecular complexity index is 411. The molecule has 1 nitrogen and oxygen atoms in total. The van der Waals surface area contributed by atoms with Crippen LogP contribution in [0.1, 0.15) is 43.7 Å². The van der Waals surface area contributed by atoms with Gasteiger partial charge in [-0.05, 0) is 37.3 Å². The van der Waals surface area contributed by atoms with Crippen LogP contribution in [0.5, 0.6) is 0 Å². The first-order chi connectivity index (χ1) is 7.29. The van der Waals surface area contributed by atoms with Gasteiger partial charge in [-0.25, -0.2) is 0 Å². The van der Waals surface area contributed by atoms with Crippen LogP contribution in [0.2, 0.25) is 0 Å². The van der Waals surface area contributed by atoms with Crippen molar-refractivity contribution in [2.24, 2.45) is 4.99 Å². The molecule has 1 heteroatoms. The van der Waals surface area contributed by atoms with E-state index in [1.165, 1.54) is 48.9 Å². The molecule has 1 fully saturated rings. The minimum Gasteiger partial charge on any atom is -0.282 e. The summed E-state index contributed by atoms with van der Waals surface area (Å²) in [7, 11) is 0. The normalized spacial score (nSPS) is 22.6. The molecule has 0 saturated heterocycles. The molecule has 1 saturated carbocycles. The summed E-state index contributed by atoms with van der Waals surface area (Å²) < 4.78 is 0. The van der Waals surface area contributed by atoms with E-state index in [0.717, 1.165) is 0 Å². The van der Waals surface area contributed by atoms with E-state index in [4.69, 9.17) is 4.99 Å². The fourth-order valence-corrected chi connectivity index (χ4v) is 3.16. The third-order valence-corrected chi connectivity index (χ3v) is 3.87. The van der Waals surface area contributed by atoms with Gasteiger partial charge in [0, 0.05) is 5.71 Å². The van der Waals surface area contributed by atoms with Crippen molar-refractivity contribution in [3.63, 3.8) is 0 Å². The van der Waals surface area contributed by atoms with E-state index in [-0.39, 0.29) is 5.54 Å². The third-order valence-electron chi connectivity index (χ3n) is 3.87. The van der Waals surface area contributed by atoms with E-state index in [9.17, 15) is 0 Å². The number of hydrogen-bond acceptors (Lipinski definition) is 1. The van der Waals surface area contributed by atoms with Gasteiger partial charge >= 0.3 is 0 Å². The van der Waals surface area contributed by atoms with Gasteiger partial charge in [-0.15, -0.1) is 0 Å². The lowest BCUT2D eigenvalue weighted by Gasteiger charge is -2.31. The van der Waals surface area contributed by atoms with E-state index in [2.05, 4.69) is 31.2 Å². The summed E-state index contributed by atoms with van der Waals surface area (Å²) in [5, 5.41) is 0. The minimum absolute atomic E-state index is 0.276. The topological polar surface area (TPSA) is 12.4 Å². The molecular formula is C14H17N. The van der Waals surface area contributed by atoms with Crippen LogP contribution in [0, 0.1) is 0 Å². The van der Waals surface area contributed by atoms with Gasteiger partial charge < -0.3 is 0 Å². The van der Waals surface area contributed by atoms with Crippen molar-refractivity contribution in [1.29, 1.82) is 0 Å². The van der Waals surface area contributed by atoms with Crippen molar-refractivity contribution < 1.29 is 0 Å². The maximum absolute atomic E-state index is 4.97. The largest absolute Gasteiger partial charge is 0.282 e. The van der Waals surface area contributed by atoms with Gasteiger partial charge in [0.05, 0.1) is 5.54 Å². The molecule has 78 valence electrons. The Balaban J connectivity index is 2.07. The molecule has 3 rings (SSSR count). The van der Waals surface area contributed by atoms with Crippen LogP contribution in [0.25, 0.3) is 0 Å². The number of hydrogen-bond donors (Lipinski definition) is 0. The second-order valence-corrected chi connectivity index (χ2v) is 4.96. The fraction of sp³-hybridized carbons (Fsp3) is 0.500. The van der Waals surface area contributed by atoms with Gasteiger partial charge in [-0.3, -0.25) is 4.99 Å². The van der Waals surface area contributed by atoms with Gasteiger partial charge in [0.25, 0.3) is 0 Å². The highest BCUT2D eigenvalue weighted by atomic mass is 14.9. The maximum Gasteiger partial charge on any atom is 0.0652 e. The van der Waals surface area contributed by atoms with Crippen molar-refractivity contribution in [3.8, 4) is 0 Å². The molecule has 1 aliphatic heterocycles. The summed E-state index contributed by atoms with van der Waals surface area (Å²) in [4.78, 5) is 4.97. The van der Waals surface area contributed by atoms with Crippen LogP contribution < -0.4 is 0 Å². The summed E-state index contributed by atoms with van der Waals surface area (Å²) in [5.74, 6) is 0. The van der Waals surface area contributed by atoms with Crippen LogP contribution in [-0.2, 0) is 6.42 Å². The van der Waals surface area contributed by atoms with Crippen molar-refractivity contribution >= 4 is 5.71 Å². The third kappa shape index (κ3) is 1.41. The first kappa shape index (κ1) is 9.14. The maximum atomic E-state index is 4.97. The van der Waals surface area contributed by atoms with Crippen molar-refractivity contribution in [1.82, 2.24) is 0 Å². The molecule has 1 heterocycles. The van der Waals surface area contributed by atoms with E-state index >= 15 is 0 Å². The molecule has 1 aliphatic carbocycles. The monoisotopic (exact) mass is 199 g/mol. The zero-order valence-corrected chi connectivity index (χ0v) is 9.29. The van der Waals surface area contributed by atoms with Gasteiger partial charge in [0.15, 0.2) is 0 Å². The van der Waals surface area contributed by atoms with Crippen molar-refractivity contribution in [2.75, 3.05) is 0 Å². The second-order valence-electron chi connectivity index (χ2n) is 4.96. The van der Waals surface area contributed by atoms with Gasteiger partial charge in [0.1, 0.15) is 0 Å². The molecule has 0 radical (unpaired) electrons. The second kappa shape index (κ2) is 3.19. The summed E-state index contributed by atoms with van der Waals surface area (Å²) in [6, 6.07) is 8.74. The SMILES string of the molecule is CC1=NC2(CCCC2)Cc2ccccc21. The molecule has 0 amide bonds. The van der Waals surface area contributed by atoms with Crippen LogP contribution in [0.15, 0.2) is 29.3 Å². The minimum atomic E-state index is 0.276. The summed E-state index contributed by atoms with van der Waals surface area (Å²) in [6.45, 7) is 2.16. The number of fused-ring (bicyclic) bond motifs is 1. The van der Waals surface area contributed by atoms with Gasteiger partial charge in [-0.2, -0.15) is 0 Å². The molecule has 0 bridgehead atoms. The standard InChI is InChI=1S/C14H17N/c1-11-13-7-3-2-6-12(13)10-14(15-11)8-4-5-9-14/h2-3,6-7H,4-5,8-10H2,1H3. The number of nitrogens with zero attached hydrogens (tertiary/aromatic N) is 1. The average molecular weight is 199 g/mol. The quantitative estimate of drug-likeness (QED) is 0.607. The highest BCUT2D eigenvalue weighted by Crippen LogP contribution is 2.39. The number of benzene rings is 1. The van der Waals surface area contributed by atoms with Crippen molar-refractivity contribution in [3.05, 3.63) is 35.4 Å². The summed E-state index contributed by atoms with van der Waals surface area (Å²) >= 11 is 0. The van der Waals surface area contributed by atoms with Crippen LogP contribution in [0.3, 0.4) is 0 Å². The van der Waals surface area contributed by atoms with E-state index in [0.29, 0.717) is 0 Å². The molecule has 2 aliphatic rings. The Morgan fingerprint density at radius 1 is 1.13 bits per heavy atom. The highest BCUT2D eigenvalue weighted by molar-refractivity contribution is 6.01. The molecule has 1 aromatic carbocycles. The van der Waals surface area contributed by atoms with Crippen LogP contribution >= 0.6 is 0 Å². The highest BCUT2D eigenvalue weighted by Gasteiger charge is 2.36. The summed E-state index contributed by atoms with van der Waals surface area (Å²) in [6.07, 6.45) is 6.47. The Labute approximate surface area is 91.2 Å². The molecule has 15 heavy (non-hydrogen) atoms. The van der Waals surface area contributed by atoms with Crippen LogP contribution in [-0.4, -0.2) is 11.3 Å². The lowest BCUT2D eigenvalue weighted by atomic mass is 9.83. The van der Waals surface area contributed by atoms with E-state index in [1.807, 2.05) is 0 Å². The predicted molar refractivity (Wildman–Crippen MR) is 63.6 cm³/mol. The van der Waals surface area contributed by atoms with Crippen molar-refractivity contribution in [2.45, 2.75) is 44.6 Å². The van der Waals surface area contributed by atoms with Crippen LogP contribution in [0.4, 0.5) is 0 Å². The Morgan fingerprint density at radius 2 is 1.87 bits per heavy atom. The predicted octanol–water partition coefficient (Wildman–Crippen LogP) is 3.36. The Kier molecular flexibility index (Phi) is 1.95. The smallest absolute Gasteiger partial charge is 0.0652 e. The molecule has 0 N–H and O–H groups in total. The number of aliphatic imine (C=N–C) groups is 1. The zero-order valence-electron chi connectivity index (χ0n) is 9.29. The molecule has 0 atom stereocenters. The van der Waals surface area contributed by atoms with Gasteiger partial charge in [0.2, 0.25) is 0 Å². The molecule has 0 unspecified atom stereocenters. The first-order valence-electron chi connectivity index (χ1n) is 5.94. The molecular weight excluding hydrogens is 182 g/mol. The molecule has 0 aromatic heterocycles. The Morgan fingerprint density at radius 3 is 2.67 bits per heavy atom. The average Bonchev–Trinajstić information content (AvgIpc) is 2.66. The zero-order chi connectivity index (χ0) is 10.3. The molecule has 1 spiro atoms. The lowest BCUT2D eigenvalue weighted by Crippen LogP contribution is -2.31. The fourth-order valence-electron chi connectivity index (χ4n) is 3.16. The summed E-state index contributed by atoms with van der Waals surface area (Å²) in [5.41, 5.74) is 4.40.